The number of rotatable bonds is 3. The molecule has 0 N–H and O–H groups in total. The molecule has 0 atom stereocenters. The molecule has 0 unspecified atom stereocenters. The van der Waals surface area contributed by atoms with E-state index in [9.17, 15) is 0 Å². The highest BCUT2D eigenvalue weighted by atomic mass is 35.5. The Hall–Kier alpha value is -1.47. The fourth-order valence-electron chi connectivity index (χ4n) is 1.56. The van der Waals surface area contributed by atoms with Crippen LogP contribution in [0.25, 0.3) is 0 Å². The van der Waals surface area contributed by atoms with E-state index in [0.717, 1.165) is 16.3 Å². The van der Waals surface area contributed by atoms with Crippen molar-refractivity contribution in [1.29, 1.82) is 0 Å². The Bertz CT molecular complexity index is 503. The van der Waals surface area contributed by atoms with Gasteiger partial charge in [-0.15, -0.1) is 0 Å². The van der Waals surface area contributed by atoms with Gasteiger partial charge < -0.3 is 4.74 Å². The molecule has 0 fully saturated rings. The molecule has 2 rings (SSSR count). The summed E-state index contributed by atoms with van der Waals surface area (Å²) in [7, 11) is 0. The van der Waals surface area contributed by atoms with Crippen LogP contribution in [-0.2, 0) is 6.61 Å². The molecule has 0 heterocycles. The van der Waals surface area contributed by atoms with E-state index in [1.54, 1.807) is 0 Å². The van der Waals surface area contributed by atoms with Crippen molar-refractivity contribution in [1.82, 2.24) is 0 Å². The summed E-state index contributed by atoms with van der Waals surface area (Å²) >= 11 is 5.96. The Morgan fingerprint density at radius 3 is 2.35 bits per heavy atom. The molecule has 1 nitrogen and oxygen atoms in total. The van der Waals surface area contributed by atoms with Crippen molar-refractivity contribution in [2.24, 2.45) is 0 Å². The summed E-state index contributed by atoms with van der Waals surface area (Å²) in [5.74, 6) is 0.854. The third-order valence-corrected chi connectivity index (χ3v) is 3.08. The average molecular weight is 247 g/mol. The van der Waals surface area contributed by atoms with Crippen molar-refractivity contribution in [3.63, 3.8) is 0 Å². The Labute approximate surface area is 107 Å². The van der Waals surface area contributed by atoms with Crippen LogP contribution in [0.2, 0.25) is 5.02 Å². The number of aryl methyl sites for hydroxylation is 2. The first-order valence-corrected chi connectivity index (χ1v) is 5.97. The summed E-state index contributed by atoms with van der Waals surface area (Å²) in [5, 5.41) is 0.771. The van der Waals surface area contributed by atoms with Gasteiger partial charge in [-0.25, -0.2) is 0 Å². The summed E-state index contributed by atoms with van der Waals surface area (Å²) in [6, 6.07) is 14.1. The van der Waals surface area contributed by atoms with Crippen molar-refractivity contribution in [3.8, 4) is 5.75 Å². The molecule has 0 aliphatic heterocycles. The second-order valence-electron chi connectivity index (χ2n) is 4.19. The molecule has 0 spiro atoms. The molecule has 0 aliphatic carbocycles. The lowest BCUT2D eigenvalue weighted by molar-refractivity contribution is 0.306. The first kappa shape index (κ1) is 12.0. The zero-order chi connectivity index (χ0) is 12.3. The first-order chi connectivity index (χ1) is 8.15. The molecule has 0 bridgehead atoms. The summed E-state index contributed by atoms with van der Waals surface area (Å²) in [5.41, 5.74) is 3.47. The van der Waals surface area contributed by atoms with Gasteiger partial charge in [-0.2, -0.15) is 0 Å². The minimum Gasteiger partial charge on any atom is -0.489 e. The van der Waals surface area contributed by atoms with E-state index < -0.39 is 0 Å². The maximum absolute atomic E-state index is 5.96. The zero-order valence-corrected chi connectivity index (χ0v) is 10.8. The van der Waals surface area contributed by atoms with Gasteiger partial charge in [0, 0.05) is 5.02 Å². The lowest BCUT2D eigenvalue weighted by atomic mass is 10.2. The van der Waals surface area contributed by atoms with Crippen LogP contribution in [0.1, 0.15) is 16.7 Å². The molecule has 0 radical (unpaired) electrons. The minimum absolute atomic E-state index is 0.585. The minimum atomic E-state index is 0.585. The topological polar surface area (TPSA) is 9.23 Å². The van der Waals surface area contributed by atoms with Gasteiger partial charge in [0.05, 0.1) is 0 Å². The monoisotopic (exact) mass is 246 g/mol. The summed E-state index contributed by atoms with van der Waals surface area (Å²) < 4.78 is 5.71. The molecular formula is C15H15ClO. The number of benzene rings is 2. The van der Waals surface area contributed by atoms with Crippen molar-refractivity contribution < 1.29 is 4.74 Å². The fraction of sp³-hybridized carbons (Fsp3) is 0.200. The lowest BCUT2D eigenvalue weighted by Crippen LogP contribution is -1.95. The predicted molar refractivity (Wildman–Crippen MR) is 71.7 cm³/mol. The molecule has 0 aliphatic rings. The molecule has 0 saturated carbocycles. The molecule has 17 heavy (non-hydrogen) atoms. The third-order valence-electron chi connectivity index (χ3n) is 2.66. The van der Waals surface area contributed by atoms with Gasteiger partial charge in [0.15, 0.2) is 0 Å². The Morgan fingerprint density at radius 2 is 1.71 bits per heavy atom. The molecule has 0 aromatic heterocycles. The van der Waals surface area contributed by atoms with Crippen molar-refractivity contribution in [2.45, 2.75) is 20.5 Å². The molecular weight excluding hydrogens is 232 g/mol. The number of hydrogen-bond donors (Lipinski definition) is 0. The normalized spacial score (nSPS) is 10.3. The van der Waals surface area contributed by atoms with Crippen molar-refractivity contribution in [3.05, 3.63) is 64.2 Å². The molecule has 88 valence electrons. The van der Waals surface area contributed by atoms with Crippen molar-refractivity contribution >= 4 is 11.6 Å². The summed E-state index contributed by atoms with van der Waals surface area (Å²) in [4.78, 5) is 0. The van der Waals surface area contributed by atoms with Gasteiger partial charge in [-0.3, -0.25) is 0 Å². The van der Waals surface area contributed by atoms with Gasteiger partial charge in [0.1, 0.15) is 12.4 Å². The highest BCUT2D eigenvalue weighted by Crippen LogP contribution is 2.21. The zero-order valence-electron chi connectivity index (χ0n) is 10.0. The van der Waals surface area contributed by atoms with Crippen LogP contribution in [0.5, 0.6) is 5.75 Å². The van der Waals surface area contributed by atoms with E-state index in [1.165, 1.54) is 11.1 Å². The molecule has 0 amide bonds. The van der Waals surface area contributed by atoms with Gasteiger partial charge in [0.25, 0.3) is 0 Å². The smallest absolute Gasteiger partial charge is 0.120 e. The molecule has 2 aromatic rings. The highest BCUT2D eigenvalue weighted by Gasteiger charge is 1.99. The third kappa shape index (κ3) is 3.24. The Kier molecular flexibility index (Phi) is 3.70. The highest BCUT2D eigenvalue weighted by molar-refractivity contribution is 6.31. The Morgan fingerprint density at radius 1 is 1.00 bits per heavy atom. The van der Waals surface area contributed by atoms with E-state index in [0.29, 0.717) is 6.61 Å². The second-order valence-corrected chi connectivity index (χ2v) is 4.59. The van der Waals surface area contributed by atoms with E-state index in [4.69, 9.17) is 16.3 Å². The first-order valence-electron chi connectivity index (χ1n) is 5.59. The van der Waals surface area contributed by atoms with E-state index in [1.807, 2.05) is 25.1 Å². The Balaban J connectivity index is 2.02. The standard InChI is InChI=1S/C15H15ClO/c1-11-3-5-13(6-4-11)10-17-14-7-8-15(16)12(2)9-14/h3-9H,10H2,1-2H3. The maximum atomic E-state index is 5.96. The van der Waals surface area contributed by atoms with E-state index >= 15 is 0 Å². The van der Waals surface area contributed by atoms with Gasteiger partial charge in [-0.1, -0.05) is 41.4 Å². The fourth-order valence-corrected chi connectivity index (χ4v) is 1.68. The number of hydrogen-bond acceptors (Lipinski definition) is 1. The van der Waals surface area contributed by atoms with Crippen molar-refractivity contribution in [2.75, 3.05) is 0 Å². The summed E-state index contributed by atoms with van der Waals surface area (Å²) in [6.45, 7) is 4.63. The van der Waals surface area contributed by atoms with Crippen LogP contribution in [0.3, 0.4) is 0 Å². The van der Waals surface area contributed by atoms with E-state index in [-0.39, 0.29) is 0 Å². The van der Waals surface area contributed by atoms with Crippen LogP contribution in [0.15, 0.2) is 42.5 Å². The van der Waals surface area contributed by atoms with Crippen LogP contribution in [0, 0.1) is 13.8 Å². The molecule has 0 saturated heterocycles. The van der Waals surface area contributed by atoms with Crippen LogP contribution < -0.4 is 4.74 Å². The van der Waals surface area contributed by atoms with Crippen LogP contribution in [-0.4, -0.2) is 0 Å². The predicted octanol–water partition coefficient (Wildman–Crippen LogP) is 4.54. The number of ether oxygens (including phenoxy) is 1. The van der Waals surface area contributed by atoms with Gasteiger partial charge >= 0.3 is 0 Å². The summed E-state index contributed by atoms with van der Waals surface area (Å²) in [6.07, 6.45) is 0. The molecule has 2 heteroatoms. The lowest BCUT2D eigenvalue weighted by Gasteiger charge is -2.08. The number of halogens is 1. The van der Waals surface area contributed by atoms with Gasteiger partial charge in [0.2, 0.25) is 0 Å². The molecule has 2 aromatic carbocycles. The largest absolute Gasteiger partial charge is 0.489 e. The van der Waals surface area contributed by atoms with E-state index in [2.05, 4.69) is 31.2 Å². The quantitative estimate of drug-likeness (QED) is 0.773. The second kappa shape index (κ2) is 5.24. The van der Waals surface area contributed by atoms with Gasteiger partial charge in [-0.05, 0) is 43.2 Å². The van der Waals surface area contributed by atoms with Crippen LogP contribution in [0.4, 0.5) is 0 Å². The average Bonchev–Trinajstić information content (AvgIpc) is 2.33. The maximum Gasteiger partial charge on any atom is 0.120 e. The van der Waals surface area contributed by atoms with Crippen LogP contribution >= 0.6 is 11.6 Å². The SMILES string of the molecule is Cc1ccc(COc2ccc(Cl)c(C)c2)cc1.